The second kappa shape index (κ2) is 11.0. The first-order chi connectivity index (χ1) is 17.0. The van der Waals surface area contributed by atoms with Crippen LogP contribution in [0, 0.1) is 28.1 Å². The highest BCUT2D eigenvalue weighted by atomic mass is 79.9. The van der Waals surface area contributed by atoms with E-state index in [1.54, 1.807) is 0 Å². The zero-order chi connectivity index (χ0) is 24.8. The Balaban J connectivity index is 1.68. The van der Waals surface area contributed by atoms with Crippen molar-refractivity contribution in [2.24, 2.45) is 11.1 Å². The predicted octanol–water partition coefficient (Wildman–Crippen LogP) is 6.02. The van der Waals surface area contributed by atoms with Crippen LogP contribution in [0.25, 0.3) is 0 Å². The van der Waals surface area contributed by atoms with Gasteiger partial charge in [0.1, 0.15) is 5.82 Å². The minimum atomic E-state index is -0.677. The summed E-state index contributed by atoms with van der Waals surface area (Å²) in [5.41, 5.74) is 8.72. The van der Waals surface area contributed by atoms with Gasteiger partial charge in [-0.2, -0.15) is 10.5 Å². The molecular formula is C27H26BrN5OS. The van der Waals surface area contributed by atoms with Gasteiger partial charge < -0.3 is 16.0 Å². The van der Waals surface area contributed by atoms with Gasteiger partial charge in [-0.1, -0.05) is 77.3 Å². The molecule has 178 valence electrons. The molecule has 2 aromatic carbocycles. The van der Waals surface area contributed by atoms with Crippen molar-refractivity contribution in [3.8, 4) is 12.1 Å². The summed E-state index contributed by atoms with van der Waals surface area (Å²) in [5, 5.41) is 24.1. The van der Waals surface area contributed by atoms with Gasteiger partial charge in [0.2, 0.25) is 5.91 Å². The summed E-state index contributed by atoms with van der Waals surface area (Å²) in [4.78, 5) is 14.6. The standard InChI is InChI=1S/C27H26BrN5OS/c28-20-9-11-21(12-10-20)32-24(34)18-35-26-23(16-30)27(13-5-2-6-14-27)22(15-29)25(31)33(26)17-19-7-3-1-4-8-19/h1,3-4,7-12H,2,5-6,13-14,17-18,31H2,(H,32,34). The molecule has 1 aliphatic heterocycles. The molecule has 1 saturated carbocycles. The fourth-order valence-corrected chi connectivity index (χ4v) is 6.17. The summed E-state index contributed by atoms with van der Waals surface area (Å²) in [7, 11) is 0. The van der Waals surface area contributed by atoms with Gasteiger partial charge in [0.25, 0.3) is 0 Å². The van der Waals surface area contributed by atoms with Gasteiger partial charge in [-0.25, -0.2) is 0 Å². The Labute approximate surface area is 218 Å². The van der Waals surface area contributed by atoms with Crippen molar-refractivity contribution in [1.29, 1.82) is 10.5 Å². The van der Waals surface area contributed by atoms with E-state index in [0.717, 1.165) is 29.3 Å². The number of nitrogens with one attached hydrogen (secondary N) is 1. The number of thioether (sulfide) groups is 1. The van der Waals surface area contributed by atoms with E-state index in [1.165, 1.54) is 11.8 Å². The molecule has 1 aliphatic carbocycles. The van der Waals surface area contributed by atoms with E-state index in [9.17, 15) is 15.3 Å². The van der Waals surface area contributed by atoms with E-state index in [4.69, 9.17) is 5.73 Å². The first-order valence-corrected chi connectivity index (χ1v) is 13.3. The molecule has 1 amide bonds. The van der Waals surface area contributed by atoms with Crippen LogP contribution in [0.5, 0.6) is 0 Å². The van der Waals surface area contributed by atoms with Crippen molar-refractivity contribution in [1.82, 2.24) is 4.90 Å². The molecule has 35 heavy (non-hydrogen) atoms. The number of nitriles is 2. The topological polar surface area (TPSA) is 106 Å². The van der Waals surface area contributed by atoms with Crippen LogP contribution in [0.3, 0.4) is 0 Å². The van der Waals surface area contributed by atoms with Gasteiger partial charge in [-0.05, 0) is 42.7 Å². The number of anilines is 1. The number of halogens is 1. The number of nitrogens with zero attached hydrogens (tertiary/aromatic N) is 3. The molecule has 4 rings (SSSR count). The third kappa shape index (κ3) is 5.24. The molecule has 0 bridgehead atoms. The van der Waals surface area contributed by atoms with Crippen LogP contribution in [0.15, 0.2) is 81.1 Å². The maximum absolute atomic E-state index is 12.8. The first-order valence-electron chi connectivity index (χ1n) is 11.5. The van der Waals surface area contributed by atoms with E-state index in [1.807, 2.05) is 59.5 Å². The number of carbonyl (C=O) groups is 1. The van der Waals surface area contributed by atoms with Crippen LogP contribution in [-0.2, 0) is 11.3 Å². The highest BCUT2D eigenvalue weighted by Gasteiger charge is 2.47. The third-order valence-electron chi connectivity index (χ3n) is 6.55. The van der Waals surface area contributed by atoms with Crippen LogP contribution >= 0.6 is 27.7 Å². The maximum Gasteiger partial charge on any atom is 0.234 e. The van der Waals surface area contributed by atoms with Gasteiger partial charge >= 0.3 is 0 Å². The first kappa shape index (κ1) is 24.9. The molecule has 2 aromatic rings. The monoisotopic (exact) mass is 547 g/mol. The second-order valence-electron chi connectivity index (χ2n) is 8.72. The fraction of sp³-hybridized carbons (Fsp3) is 0.296. The molecular weight excluding hydrogens is 522 g/mol. The zero-order valence-corrected chi connectivity index (χ0v) is 21.7. The summed E-state index contributed by atoms with van der Waals surface area (Å²) in [5.74, 6) is 0.328. The number of benzene rings is 2. The molecule has 2 aliphatic rings. The van der Waals surface area contributed by atoms with Gasteiger partial charge in [0.05, 0.1) is 40.6 Å². The Morgan fingerprint density at radius 2 is 1.69 bits per heavy atom. The van der Waals surface area contributed by atoms with Gasteiger partial charge in [0.15, 0.2) is 0 Å². The average molecular weight is 549 g/mol. The molecule has 0 saturated heterocycles. The van der Waals surface area contributed by atoms with E-state index >= 15 is 0 Å². The predicted molar refractivity (Wildman–Crippen MR) is 142 cm³/mol. The lowest BCUT2D eigenvalue weighted by Crippen LogP contribution is -2.41. The van der Waals surface area contributed by atoms with E-state index in [0.29, 0.717) is 47.1 Å². The van der Waals surface area contributed by atoms with Crippen molar-refractivity contribution in [2.75, 3.05) is 11.1 Å². The number of amides is 1. The fourth-order valence-electron chi connectivity index (χ4n) is 4.87. The molecule has 0 unspecified atom stereocenters. The number of carbonyl (C=O) groups excluding carboxylic acids is 1. The smallest absolute Gasteiger partial charge is 0.234 e. The number of hydrogen-bond acceptors (Lipinski definition) is 6. The summed E-state index contributed by atoms with van der Waals surface area (Å²) in [6.45, 7) is 0.412. The average Bonchev–Trinajstić information content (AvgIpc) is 2.87. The molecule has 0 atom stereocenters. The SMILES string of the molecule is N#CC1=C(N)N(Cc2ccccc2)C(SCC(=O)Nc2ccc(Br)cc2)=C(C#N)C12CCCCC2. The number of hydrogen-bond donors (Lipinski definition) is 2. The van der Waals surface area contributed by atoms with Crippen molar-refractivity contribution in [3.05, 3.63) is 86.6 Å². The highest BCUT2D eigenvalue weighted by molar-refractivity contribution is 9.10. The Kier molecular flexibility index (Phi) is 7.85. The highest BCUT2D eigenvalue weighted by Crippen LogP contribution is 2.54. The van der Waals surface area contributed by atoms with E-state index in [-0.39, 0.29) is 11.7 Å². The Morgan fingerprint density at radius 1 is 1.03 bits per heavy atom. The molecule has 0 radical (unpaired) electrons. The number of rotatable bonds is 6. The Morgan fingerprint density at radius 3 is 2.31 bits per heavy atom. The summed E-state index contributed by atoms with van der Waals surface area (Å²) < 4.78 is 0.931. The van der Waals surface area contributed by atoms with Crippen LogP contribution in [-0.4, -0.2) is 16.6 Å². The van der Waals surface area contributed by atoms with Crippen LogP contribution in [0.2, 0.25) is 0 Å². The summed E-state index contributed by atoms with van der Waals surface area (Å²) in [6, 6.07) is 22.0. The summed E-state index contributed by atoms with van der Waals surface area (Å²) in [6.07, 6.45) is 4.38. The lowest BCUT2D eigenvalue weighted by atomic mass is 9.64. The number of nitrogens with two attached hydrogens (primary N) is 1. The van der Waals surface area contributed by atoms with E-state index in [2.05, 4.69) is 33.4 Å². The number of allylic oxidation sites excluding steroid dienone is 2. The lowest BCUT2D eigenvalue weighted by molar-refractivity contribution is -0.113. The maximum atomic E-state index is 12.8. The second-order valence-corrected chi connectivity index (χ2v) is 10.6. The molecule has 1 heterocycles. The van der Waals surface area contributed by atoms with Gasteiger partial charge in [-0.3, -0.25) is 4.79 Å². The minimum Gasteiger partial charge on any atom is -0.384 e. The Hall–Kier alpha value is -3.20. The normalized spacial score (nSPS) is 17.2. The lowest BCUT2D eigenvalue weighted by Gasteiger charge is -2.44. The van der Waals surface area contributed by atoms with Crippen molar-refractivity contribution < 1.29 is 4.79 Å². The van der Waals surface area contributed by atoms with Crippen LogP contribution in [0.4, 0.5) is 5.69 Å². The van der Waals surface area contributed by atoms with E-state index < -0.39 is 5.41 Å². The largest absolute Gasteiger partial charge is 0.384 e. The zero-order valence-electron chi connectivity index (χ0n) is 19.3. The molecule has 1 fully saturated rings. The quantitative estimate of drug-likeness (QED) is 0.458. The van der Waals surface area contributed by atoms with Gasteiger partial charge in [0, 0.05) is 15.6 Å². The Bertz CT molecular complexity index is 1240. The van der Waals surface area contributed by atoms with Crippen LogP contribution < -0.4 is 11.1 Å². The van der Waals surface area contributed by atoms with Crippen molar-refractivity contribution in [3.63, 3.8) is 0 Å². The molecule has 8 heteroatoms. The molecule has 3 N–H and O–H groups in total. The summed E-state index contributed by atoms with van der Waals surface area (Å²) >= 11 is 4.71. The van der Waals surface area contributed by atoms with Crippen LogP contribution in [0.1, 0.15) is 37.7 Å². The minimum absolute atomic E-state index is 0.118. The van der Waals surface area contributed by atoms with Crippen molar-refractivity contribution >= 4 is 39.3 Å². The molecule has 6 nitrogen and oxygen atoms in total. The molecule has 1 spiro atoms. The third-order valence-corrected chi connectivity index (χ3v) is 8.18. The van der Waals surface area contributed by atoms with Crippen molar-refractivity contribution in [2.45, 2.75) is 38.6 Å². The molecule has 0 aromatic heterocycles. The van der Waals surface area contributed by atoms with Gasteiger partial charge in [-0.15, -0.1) is 0 Å².